The molecular formula is C60H38N4O. The van der Waals surface area contributed by atoms with E-state index in [1.54, 1.807) is 0 Å². The largest absolute Gasteiger partial charge is 0.456 e. The van der Waals surface area contributed by atoms with Gasteiger partial charge in [0.25, 0.3) is 0 Å². The van der Waals surface area contributed by atoms with E-state index in [4.69, 9.17) is 4.42 Å². The minimum Gasteiger partial charge on any atom is -0.456 e. The predicted octanol–water partition coefficient (Wildman–Crippen LogP) is 15.9. The third-order valence-corrected chi connectivity index (χ3v) is 13.4. The zero-order valence-corrected chi connectivity index (χ0v) is 35.1. The second kappa shape index (κ2) is 13.9. The molecule has 0 atom stereocenters. The van der Waals surface area contributed by atoms with E-state index in [-0.39, 0.29) is 0 Å². The van der Waals surface area contributed by atoms with Crippen LogP contribution in [0.25, 0.3) is 121 Å². The monoisotopic (exact) mass is 830 g/mol. The summed E-state index contributed by atoms with van der Waals surface area (Å²) >= 11 is 0. The van der Waals surface area contributed by atoms with Crippen molar-refractivity contribution in [2.24, 2.45) is 0 Å². The van der Waals surface area contributed by atoms with Gasteiger partial charge in [-0.25, -0.2) is 0 Å². The SMILES string of the molecule is c1ccc(-n2c3ccccc3c3cc(-n4c5cccc(c5)c5cccc(c5)n(-c5ccc6c(c5)oc5ccccc56)c5ccc6c(c5)c5cc4ccc5n6-c4ccccc4)ccc32)cc1. The number of benzene rings is 10. The molecule has 4 heterocycles. The topological polar surface area (TPSA) is 32.9 Å². The van der Waals surface area contributed by atoms with Gasteiger partial charge in [-0.15, -0.1) is 0 Å². The molecule has 0 aliphatic carbocycles. The van der Waals surface area contributed by atoms with Crippen LogP contribution < -0.4 is 0 Å². The van der Waals surface area contributed by atoms with E-state index in [0.29, 0.717) is 0 Å². The summed E-state index contributed by atoms with van der Waals surface area (Å²) < 4.78 is 16.1. The molecule has 0 aliphatic rings. The highest BCUT2D eigenvalue weighted by molar-refractivity contribution is 6.13. The van der Waals surface area contributed by atoms with Gasteiger partial charge in [-0.2, -0.15) is 0 Å². The molecule has 8 bridgehead atoms. The van der Waals surface area contributed by atoms with Crippen molar-refractivity contribution in [1.29, 1.82) is 0 Å². The Morgan fingerprint density at radius 1 is 0.231 bits per heavy atom. The number of furan rings is 1. The van der Waals surface area contributed by atoms with Gasteiger partial charge in [0.2, 0.25) is 0 Å². The number of hydrogen-bond acceptors (Lipinski definition) is 1. The Morgan fingerprint density at radius 2 is 0.692 bits per heavy atom. The molecule has 0 aliphatic heterocycles. The fourth-order valence-electron chi connectivity index (χ4n) is 10.5. The molecule has 0 fully saturated rings. The zero-order chi connectivity index (χ0) is 42.6. The van der Waals surface area contributed by atoms with Crippen LogP contribution in [0.5, 0.6) is 0 Å². The summed E-state index contributed by atoms with van der Waals surface area (Å²) in [6.07, 6.45) is 0. The van der Waals surface area contributed by atoms with Gasteiger partial charge in [-0.3, -0.25) is 0 Å². The fourth-order valence-corrected chi connectivity index (χ4v) is 10.5. The molecule has 5 nitrogen and oxygen atoms in total. The van der Waals surface area contributed by atoms with E-state index >= 15 is 0 Å². The molecule has 5 heteroatoms. The Morgan fingerprint density at radius 3 is 1.32 bits per heavy atom. The second-order valence-corrected chi connectivity index (χ2v) is 17.0. The molecule has 0 N–H and O–H groups in total. The van der Waals surface area contributed by atoms with Crippen molar-refractivity contribution in [1.82, 2.24) is 18.3 Å². The molecule has 65 heavy (non-hydrogen) atoms. The lowest BCUT2D eigenvalue weighted by Gasteiger charge is -2.14. The van der Waals surface area contributed by atoms with Crippen molar-refractivity contribution in [3.8, 4) is 22.7 Å². The molecule has 4 aromatic heterocycles. The summed E-state index contributed by atoms with van der Waals surface area (Å²) in [6, 6.07) is 83.8. The van der Waals surface area contributed by atoms with Gasteiger partial charge < -0.3 is 22.7 Å². The van der Waals surface area contributed by atoms with Crippen LogP contribution in [-0.4, -0.2) is 18.3 Å². The number of nitrogens with zero attached hydrogens (tertiary/aromatic N) is 4. The lowest BCUT2D eigenvalue weighted by atomic mass is 10.1. The lowest BCUT2D eigenvalue weighted by Crippen LogP contribution is -1.98. The smallest absolute Gasteiger partial charge is 0.137 e. The molecule has 0 unspecified atom stereocenters. The lowest BCUT2D eigenvalue weighted by molar-refractivity contribution is 0.668. The Balaban J connectivity index is 1.12. The van der Waals surface area contributed by atoms with E-state index in [1.807, 2.05) is 12.1 Å². The van der Waals surface area contributed by atoms with Crippen LogP contribution in [0.4, 0.5) is 0 Å². The second-order valence-electron chi connectivity index (χ2n) is 17.0. The number of fused-ring (bicyclic) bond motifs is 13. The number of hydrogen-bond donors (Lipinski definition) is 0. The van der Waals surface area contributed by atoms with Crippen molar-refractivity contribution in [3.05, 3.63) is 231 Å². The predicted molar refractivity (Wildman–Crippen MR) is 271 cm³/mol. The Kier molecular flexibility index (Phi) is 7.62. The summed E-state index contributed by atoms with van der Waals surface area (Å²) in [5.41, 5.74) is 15.1. The minimum atomic E-state index is 0.862. The summed E-state index contributed by atoms with van der Waals surface area (Å²) in [4.78, 5) is 0. The molecule has 0 saturated heterocycles. The van der Waals surface area contributed by atoms with E-state index in [9.17, 15) is 0 Å². The highest BCUT2D eigenvalue weighted by Gasteiger charge is 2.18. The first-order chi connectivity index (χ1) is 32.2. The number of aromatic nitrogens is 4. The quantitative estimate of drug-likeness (QED) is 0.174. The molecular weight excluding hydrogens is 793 g/mol. The van der Waals surface area contributed by atoms with Crippen LogP contribution in [-0.2, 0) is 0 Å². The third kappa shape index (κ3) is 5.46. The minimum absolute atomic E-state index is 0.862. The Hall–Kier alpha value is -8.80. The number of para-hydroxylation sites is 4. The molecule has 304 valence electrons. The molecule has 0 amide bonds. The fraction of sp³-hybridized carbons (Fsp3) is 0. The third-order valence-electron chi connectivity index (χ3n) is 13.4. The molecule has 0 saturated carbocycles. The molecule has 0 radical (unpaired) electrons. The van der Waals surface area contributed by atoms with Crippen LogP contribution in [0, 0.1) is 0 Å². The van der Waals surface area contributed by atoms with Gasteiger partial charge >= 0.3 is 0 Å². The highest BCUT2D eigenvalue weighted by atomic mass is 16.3. The average Bonchev–Trinajstić information content (AvgIpc) is 4.02. The van der Waals surface area contributed by atoms with E-state index < -0.39 is 0 Å². The normalized spacial score (nSPS) is 12.0. The highest BCUT2D eigenvalue weighted by Crippen LogP contribution is 2.38. The van der Waals surface area contributed by atoms with E-state index in [0.717, 1.165) is 88.6 Å². The van der Waals surface area contributed by atoms with Gasteiger partial charge in [-0.1, -0.05) is 97.1 Å². The van der Waals surface area contributed by atoms with Crippen molar-refractivity contribution in [3.63, 3.8) is 0 Å². The van der Waals surface area contributed by atoms with E-state index in [2.05, 4.69) is 237 Å². The van der Waals surface area contributed by atoms with Gasteiger partial charge in [0.1, 0.15) is 11.2 Å². The molecule has 14 rings (SSSR count). The summed E-state index contributed by atoms with van der Waals surface area (Å²) in [7, 11) is 0. The Bertz CT molecular complexity index is 4290. The maximum absolute atomic E-state index is 6.48. The standard InChI is InChI=1S/C60H38N4O/c1-3-15-41(16-4-1)63-55-23-9-7-21-49(55)52-35-45(26-30-56(52)63)61-43-19-11-13-39(33-43)40-14-12-20-44(34-40)62(48-25-29-51-50-22-8-10-24-59(50)65-60(51)38-48)47-28-32-58-54(37-47)53-36-46(61)27-31-57(53)64(58)42-17-5-2-6-18-42/h1-38H. The van der Waals surface area contributed by atoms with Crippen LogP contribution in [0.1, 0.15) is 0 Å². The van der Waals surface area contributed by atoms with Crippen molar-refractivity contribution < 1.29 is 4.42 Å². The van der Waals surface area contributed by atoms with Gasteiger partial charge in [-0.05, 0) is 138 Å². The average molecular weight is 831 g/mol. The first-order valence-corrected chi connectivity index (χ1v) is 22.2. The van der Waals surface area contributed by atoms with Gasteiger partial charge in [0.15, 0.2) is 0 Å². The van der Waals surface area contributed by atoms with Crippen molar-refractivity contribution in [2.45, 2.75) is 0 Å². The summed E-state index contributed by atoms with van der Waals surface area (Å²) in [5.74, 6) is 0. The number of rotatable bonds is 4. The van der Waals surface area contributed by atoms with Crippen LogP contribution >= 0.6 is 0 Å². The van der Waals surface area contributed by atoms with Crippen molar-refractivity contribution >= 4 is 98.4 Å². The maximum atomic E-state index is 6.48. The summed E-state index contributed by atoms with van der Waals surface area (Å²) in [6.45, 7) is 0. The first-order valence-electron chi connectivity index (χ1n) is 22.2. The van der Waals surface area contributed by atoms with Gasteiger partial charge in [0, 0.05) is 83.2 Å². The van der Waals surface area contributed by atoms with Crippen LogP contribution in [0.2, 0.25) is 0 Å². The molecule has 0 spiro atoms. The first kappa shape index (κ1) is 35.8. The van der Waals surface area contributed by atoms with E-state index in [1.165, 1.54) is 32.6 Å². The molecule has 10 aromatic carbocycles. The van der Waals surface area contributed by atoms with Crippen molar-refractivity contribution in [2.75, 3.05) is 0 Å². The summed E-state index contributed by atoms with van der Waals surface area (Å²) in [5, 5.41) is 9.26. The Labute approximate surface area is 372 Å². The molecule has 14 aromatic rings. The van der Waals surface area contributed by atoms with Crippen LogP contribution in [0.3, 0.4) is 0 Å². The maximum Gasteiger partial charge on any atom is 0.137 e. The van der Waals surface area contributed by atoms with Crippen LogP contribution in [0.15, 0.2) is 235 Å². The zero-order valence-electron chi connectivity index (χ0n) is 35.1. The van der Waals surface area contributed by atoms with Gasteiger partial charge in [0.05, 0.1) is 22.1 Å².